The molecule has 1 aromatic carbocycles. The van der Waals surface area contributed by atoms with Gasteiger partial charge in [0.25, 0.3) is 0 Å². The van der Waals surface area contributed by atoms with Gasteiger partial charge in [0.15, 0.2) is 0 Å². The number of rotatable bonds is 0. The molecule has 56 valence electrons. The van der Waals surface area contributed by atoms with Crippen LogP contribution in [0.3, 0.4) is 0 Å². The van der Waals surface area contributed by atoms with Crippen molar-refractivity contribution < 1.29 is 0 Å². The Morgan fingerprint density at radius 2 is 2.09 bits per heavy atom. The van der Waals surface area contributed by atoms with Gasteiger partial charge in [0.1, 0.15) is 0 Å². The number of fused-ring (bicyclic) bond motifs is 1. The molecule has 1 heterocycles. The third kappa shape index (κ3) is 1.12. The molecule has 0 saturated carbocycles. The summed E-state index contributed by atoms with van der Waals surface area (Å²) in [6.45, 7) is 0.881. The monoisotopic (exact) mass is 165 g/mol. The van der Waals surface area contributed by atoms with Crippen LogP contribution < -0.4 is 5.32 Å². The first-order valence-corrected chi connectivity index (χ1v) is 3.93. The summed E-state index contributed by atoms with van der Waals surface area (Å²) in [7, 11) is 0. The normalized spacial score (nSPS) is 14.8. The minimum atomic E-state index is 0.798. The first-order chi connectivity index (χ1) is 5.38. The number of halogens is 1. The van der Waals surface area contributed by atoms with Crippen LogP contribution in [0.4, 0.5) is 0 Å². The molecule has 1 aromatic rings. The molecule has 0 saturated heterocycles. The molecule has 11 heavy (non-hydrogen) atoms. The highest BCUT2D eigenvalue weighted by Gasteiger charge is 2.07. The van der Waals surface area contributed by atoms with Gasteiger partial charge in [-0.3, -0.25) is 0 Å². The van der Waals surface area contributed by atoms with E-state index >= 15 is 0 Å². The topological polar surface area (TPSA) is 12.0 Å². The second kappa shape index (κ2) is 2.59. The summed E-state index contributed by atoms with van der Waals surface area (Å²) in [4.78, 5) is 0. The molecule has 1 N–H and O–H groups in total. The van der Waals surface area contributed by atoms with E-state index in [1.54, 1.807) is 0 Å². The van der Waals surface area contributed by atoms with E-state index in [1.807, 2.05) is 24.4 Å². The highest BCUT2D eigenvalue weighted by Crippen LogP contribution is 2.24. The van der Waals surface area contributed by atoms with Crippen LogP contribution in [-0.4, -0.2) is 0 Å². The van der Waals surface area contributed by atoms with Gasteiger partial charge in [-0.15, -0.1) is 0 Å². The molecule has 2 rings (SSSR count). The van der Waals surface area contributed by atoms with Crippen molar-refractivity contribution >= 4 is 16.6 Å². The van der Waals surface area contributed by atoms with E-state index in [4.69, 9.17) is 11.6 Å². The number of benzene rings is 1. The highest BCUT2D eigenvalue weighted by atomic mass is 35.5. The molecule has 0 radical (unpaired) electrons. The molecule has 0 aliphatic carbocycles. The smallest absolute Gasteiger partial charge is 0.0638 e. The van der Waals surface area contributed by atoms with Crippen molar-refractivity contribution in [1.29, 1.82) is 0 Å². The van der Waals surface area contributed by atoms with Gasteiger partial charge in [0.2, 0.25) is 0 Å². The largest absolute Gasteiger partial charge is 0.386 e. The summed E-state index contributed by atoms with van der Waals surface area (Å²) in [6, 6.07) is 8.14. The lowest BCUT2D eigenvalue weighted by atomic mass is 10.1. The van der Waals surface area contributed by atoms with Crippen LogP contribution in [0, 0.1) is 0 Å². The van der Waals surface area contributed by atoms with E-state index in [9.17, 15) is 0 Å². The van der Waals surface area contributed by atoms with Crippen LogP contribution in [0.15, 0.2) is 30.5 Å². The molecule has 2 heteroatoms. The summed E-state index contributed by atoms with van der Waals surface area (Å²) < 4.78 is 0. The van der Waals surface area contributed by atoms with Crippen molar-refractivity contribution in [3.63, 3.8) is 0 Å². The molecule has 0 bridgehead atoms. The molecular formula is C9H8ClN. The first-order valence-electron chi connectivity index (χ1n) is 3.55. The molecule has 0 spiro atoms. The Labute approximate surface area is 70.7 Å². The zero-order valence-electron chi connectivity index (χ0n) is 5.97. The van der Waals surface area contributed by atoms with Gasteiger partial charge < -0.3 is 5.32 Å². The van der Waals surface area contributed by atoms with Crippen molar-refractivity contribution in [3.8, 4) is 0 Å². The second-order valence-corrected chi connectivity index (χ2v) is 2.94. The van der Waals surface area contributed by atoms with Gasteiger partial charge in [0.05, 0.1) is 5.03 Å². The third-order valence-electron chi connectivity index (χ3n) is 1.80. The fourth-order valence-corrected chi connectivity index (χ4v) is 1.50. The Kier molecular flexibility index (Phi) is 1.59. The van der Waals surface area contributed by atoms with Crippen LogP contribution in [0.5, 0.6) is 0 Å². The first kappa shape index (κ1) is 6.74. The Bertz CT molecular complexity index is 304. The zero-order chi connectivity index (χ0) is 7.68. The zero-order valence-corrected chi connectivity index (χ0v) is 6.73. The predicted octanol–water partition coefficient (Wildman–Crippen LogP) is 2.33. The van der Waals surface area contributed by atoms with Crippen LogP contribution in [0.25, 0.3) is 5.03 Å². The van der Waals surface area contributed by atoms with Crippen molar-refractivity contribution in [2.45, 2.75) is 6.54 Å². The fraction of sp³-hybridized carbons (Fsp3) is 0.111. The minimum Gasteiger partial charge on any atom is -0.386 e. The molecule has 1 aliphatic heterocycles. The van der Waals surface area contributed by atoms with Crippen LogP contribution in [0.2, 0.25) is 0 Å². The van der Waals surface area contributed by atoms with Crippen LogP contribution in [0.1, 0.15) is 11.1 Å². The average molecular weight is 166 g/mol. The van der Waals surface area contributed by atoms with Crippen molar-refractivity contribution in [3.05, 3.63) is 41.6 Å². The number of hydrogen-bond donors (Lipinski definition) is 1. The number of hydrogen-bond acceptors (Lipinski definition) is 1. The van der Waals surface area contributed by atoms with E-state index in [0.29, 0.717) is 0 Å². The van der Waals surface area contributed by atoms with Gasteiger partial charge in [-0.2, -0.15) is 0 Å². The molecule has 0 fully saturated rings. The molecule has 1 aliphatic rings. The third-order valence-corrected chi connectivity index (χ3v) is 2.11. The molecule has 0 unspecified atom stereocenters. The van der Waals surface area contributed by atoms with E-state index in [-0.39, 0.29) is 0 Å². The molecule has 0 aromatic heterocycles. The summed E-state index contributed by atoms with van der Waals surface area (Å²) in [5.41, 5.74) is 2.41. The lowest BCUT2D eigenvalue weighted by Gasteiger charge is -2.13. The summed E-state index contributed by atoms with van der Waals surface area (Å²) in [5, 5.41) is 3.89. The Morgan fingerprint density at radius 1 is 1.27 bits per heavy atom. The van der Waals surface area contributed by atoms with E-state index in [1.165, 1.54) is 5.56 Å². The molecule has 1 nitrogen and oxygen atoms in total. The average Bonchev–Trinajstić information content (AvgIpc) is 2.06. The highest BCUT2D eigenvalue weighted by molar-refractivity contribution is 6.48. The Hall–Kier alpha value is -0.950. The maximum atomic E-state index is 5.95. The second-order valence-electron chi connectivity index (χ2n) is 2.53. The van der Waals surface area contributed by atoms with Gasteiger partial charge in [-0.25, -0.2) is 0 Å². The lowest BCUT2D eigenvalue weighted by molar-refractivity contribution is 0.857. The predicted molar refractivity (Wildman–Crippen MR) is 47.1 cm³/mol. The SMILES string of the molecule is ClC1=CNCc2ccccc21. The van der Waals surface area contributed by atoms with E-state index in [2.05, 4.69) is 11.4 Å². The Morgan fingerprint density at radius 3 is 2.91 bits per heavy atom. The molecule has 0 atom stereocenters. The van der Waals surface area contributed by atoms with Crippen LogP contribution in [-0.2, 0) is 6.54 Å². The van der Waals surface area contributed by atoms with Crippen molar-refractivity contribution in [2.75, 3.05) is 0 Å². The summed E-state index contributed by atoms with van der Waals surface area (Å²) in [6.07, 6.45) is 1.84. The summed E-state index contributed by atoms with van der Waals surface area (Å²) >= 11 is 5.95. The Balaban J connectivity index is 2.56. The van der Waals surface area contributed by atoms with Gasteiger partial charge in [-0.05, 0) is 11.1 Å². The number of nitrogens with one attached hydrogen (secondary N) is 1. The lowest BCUT2D eigenvalue weighted by Crippen LogP contribution is -2.11. The van der Waals surface area contributed by atoms with Crippen molar-refractivity contribution in [1.82, 2.24) is 5.32 Å². The minimum absolute atomic E-state index is 0.798. The quantitative estimate of drug-likeness (QED) is 0.622. The standard InChI is InChI=1S/C9H8ClN/c10-9-6-11-5-7-3-1-2-4-8(7)9/h1-4,6,11H,5H2. The molecule has 0 amide bonds. The fourth-order valence-electron chi connectivity index (χ4n) is 1.24. The maximum absolute atomic E-state index is 5.95. The summed E-state index contributed by atoms with van der Waals surface area (Å²) in [5.74, 6) is 0. The van der Waals surface area contributed by atoms with Gasteiger partial charge in [-0.1, -0.05) is 35.9 Å². The van der Waals surface area contributed by atoms with Gasteiger partial charge >= 0.3 is 0 Å². The van der Waals surface area contributed by atoms with E-state index in [0.717, 1.165) is 17.1 Å². The van der Waals surface area contributed by atoms with Crippen molar-refractivity contribution in [2.24, 2.45) is 0 Å². The van der Waals surface area contributed by atoms with Crippen LogP contribution >= 0.6 is 11.6 Å². The van der Waals surface area contributed by atoms with E-state index < -0.39 is 0 Å². The van der Waals surface area contributed by atoms with Gasteiger partial charge in [0, 0.05) is 12.7 Å². The maximum Gasteiger partial charge on any atom is 0.0638 e. The molecular weight excluding hydrogens is 158 g/mol.